The predicted molar refractivity (Wildman–Crippen MR) is 39.6 cm³/mol. The molecule has 6 aliphatic rings. The highest BCUT2D eigenvalue weighted by molar-refractivity contribution is 5.91. The van der Waals surface area contributed by atoms with Gasteiger partial charge in [0.25, 0.3) is 0 Å². The van der Waals surface area contributed by atoms with E-state index in [0.717, 1.165) is 0 Å². The van der Waals surface area contributed by atoms with Crippen LogP contribution in [0, 0.1) is 35.0 Å². The molecule has 0 radical (unpaired) electrons. The molecule has 6 rings (SSSR count). The van der Waals surface area contributed by atoms with Crippen molar-refractivity contribution in [2.75, 3.05) is 7.11 Å². The topological polar surface area (TPSA) is 26.3 Å². The Morgan fingerprint density at radius 3 is 2.14 bits per heavy atom. The number of ether oxygens (including phenoxy) is 1. The smallest absolute Gasteiger partial charge is 0.312 e. The summed E-state index contributed by atoms with van der Waals surface area (Å²) in [5.41, 5.74) is -3.69. The minimum Gasteiger partial charge on any atom is -0.469 e. The standard InChI is InChI=1S/C10H8F2O2/c1-14-7(13)8-2-3-5(8)10(12)6(8)4(2)9(3,10)11/h2-6H,1H3/t2?,3-,4+,5-,6+,8?,9?,10?. The normalized spacial score (nSPS) is 82.4. The average Bonchev–Trinajstić information content (AvgIpc) is 2.18. The number of halogens is 2. The molecule has 0 saturated heterocycles. The molecular formula is C10H8F2O2. The summed E-state index contributed by atoms with van der Waals surface area (Å²) < 4.78 is 32.5. The van der Waals surface area contributed by atoms with Crippen molar-refractivity contribution in [3.05, 3.63) is 0 Å². The van der Waals surface area contributed by atoms with Crippen LogP contribution in [0.25, 0.3) is 0 Å². The van der Waals surface area contributed by atoms with Crippen molar-refractivity contribution in [1.29, 1.82) is 0 Å². The highest BCUT2D eigenvalue weighted by Crippen LogP contribution is 3.10. The van der Waals surface area contributed by atoms with E-state index in [1.807, 2.05) is 0 Å². The summed E-state index contributed by atoms with van der Waals surface area (Å²) in [6.45, 7) is 0. The molecule has 6 saturated carbocycles. The monoisotopic (exact) mass is 198 g/mol. The van der Waals surface area contributed by atoms with Crippen molar-refractivity contribution >= 4 is 5.97 Å². The zero-order valence-corrected chi connectivity index (χ0v) is 7.46. The molecule has 74 valence electrons. The van der Waals surface area contributed by atoms with Crippen molar-refractivity contribution in [2.45, 2.75) is 11.3 Å². The molecule has 0 aromatic heterocycles. The number of alkyl halides is 2. The van der Waals surface area contributed by atoms with E-state index in [4.69, 9.17) is 4.74 Å². The van der Waals surface area contributed by atoms with Gasteiger partial charge in [0.15, 0.2) is 11.3 Å². The first-order valence-corrected chi connectivity index (χ1v) is 5.05. The summed E-state index contributed by atoms with van der Waals surface area (Å²) in [6, 6.07) is 0. The number of hydrogen-bond acceptors (Lipinski definition) is 2. The number of esters is 1. The van der Waals surface area contributed by atoms with Gasteiger partial charge in [0.1, 0.15) is 0 Å². The van der Waals surface area contributed by atoms with Crippen LogP contribution in [0.4, 0.5) is 8.78 Å². The Morgan fingerprint density at radius 1 is 1.14 bits per heavy atom. The Hall–Kier alpha value is -0.670. The first kappa shape index (κ1) is 6.75. The Kier molecular flexibility index (Phi) is 0.578. The van der Waals surface area contributed by atoms with E-state index in [2.05, 4.69) is 0 Å². The summed E-state index contributed by atoms with van der Waals surface area (Å²) >= 11 is 0. The van der Waals surface area contributed by atoms with E-state index >= 15 is 0 Å². The maximum Gasteiger partial charge on any atom is 0.312 e. The largest absolute Gasteiger partial charge is 0.469 e. The number of carbonyl (C=O) groups excluding carboxylic acids is 1. The molecule has 0 bridgehead atoms. The third kappa shape index (κ3) is 0.219. The second kappa shape index (κ2) is 1.20. The quantitative estimate of drug-likeness (QED) is 0.580. The summed E-state index contributed by atoms with van der Waals surface area (Å²) in [4.78, 5) is 11.5. The number of methoxy groups -OCH3 is 1. The van der Waals surface area contributed by atoms with Crippen LogP contribution < -0.4 is 0 Å². The van der Waals surface area contributed by atoms with Gasteiger partial charge in [0.2, 0.25) is 0 Å². The molecule has 6 fully saturated rings. The van der Waals surface area contributed by atoms with Crippen molar-refractivity contribution in [2.24, 2.45) is 35.0 Å². The fraction of sp³-hybridized carbons (Fsp3) is 0.900. The molecule has 0 spiro atoms. The first-order chi connectivity index (χ1) is 6.59. The molecule has 4 heteroatoms. The van der Waals surface area contributed by atoms with Gasteiger partial charge >= 0.3 is 5.97 Å². The molecule has 0 N–H and O–H groups in total. The lowest BCUT2D eigenvalue weighted by atomic mass is 8.94. The van der Waals surface area contributed by atoms with Gasteiger partial charge < -0.3 is 4.74 Å². The van der Waals surface area contributed by atoms with E-state index in [-0.39, 0.29) is 35.6 Å². The molecule has 14 heavy (non-hydrogen) atoms. The predicted octanol–water partition coefficient (Wildman–Crippen LogP) is 0.711. The lowest BCUT2D eigenvalue weighted by Gasteiger charge is -3.08. The van der Waals surface area contributed by atoms with Gasteiger partial charge in [-0.1, -0.05) is 0 Å². The molecular weight excluding hydrogens is 190 g/mol. The van der Waals surface area contributed by atoms with Crippen molar-refractivity contribution in [1.82, 2.24) is 0 Å². The van der Waals surface area contributed by atoms with Crippen molar-refractivity contribution < 1.29 is 18.3 Å². The van der Waals surface area contributed by atoms with Crippen molar-refractivity contribution in [3.8, 4) is 0 Å². The lowest BCUT2D eigenvalue weighted by Crippen LogP contribution is -3.19. The summed E-state index contributed by atoms with van der Waals surface area (Å²) in [6.07, 6.45) is 0. The molecule has 4 unspecified atom stereocenters. The van der Waals surface area contributed by atoms with E-state index in [9.17, 15) is 13.6 Å². The molecule has 8 atom stereocenters. The van der Waals surface area contributed by atoms with Crippen LogP contribution >= 0.6 is 0 Å². The second-order valence-corrected chi connectivity index (χ2v) is 5.49. The third-order valence-corrected chi connectivity index (χ3v) is 6.07. The molecule has 0 amide bonds. The Bertz CT molecular complexity index is 412. The number of hydrogen-bond donors (Lipinski definition) is 0. The Morgan fingerprint density at radius 2 is 1.71 bits per heavy atom. The van der Waals surface area contributed by atoms with E-state index in [0.29, 0.717) is 0 Å². The van der Waals surface area contributed by atoms with Crippen molar-refractivity contribution in [3.63, 3.8) is 0 Å². The van der Waals surface area contributed by atoms with Gasteiger partial charge in [0.05, 0.1) is 12.5 Å². The van der Waals surface area contributed by atoms with Crippen LogP contribution in [0.15, 0.2) is 0 Å². The van der Waals surface area contributed by atoms with Gasteiger partial charge in [-0.3, -0.25) is 4.79 Å². The number of rotatable bonds is 1. The molecule has 0 heterocycles. The van der Waals surface area contributed by atoms with E-state index in [1.165, 1.54) is 7.11 Å². The van der Waals surface area contributed by atoms with Crippen LogP contribution in [0.1, 0.15) is 0 Å². The SMILES string of the molecule is COC(=O)C12C3[C@@H]4[C@H]1C1(F)[C@H]2[C@H]3C41F. The molecule has 0 aromatic carbocycles. The van der Waals surface area contributed by atoms with Gasteiger partial charge in [0, 0.05) is 23.7 Å². The van der Waals surface area contributed by atoms with E-state index < -0.39 is 16.8 Å². The zero-order chi connectivity index (χ0) is 9.67. The van der Waals surface area contributed by atoms with Crippen LogP contribution in [0.2, 0.25) is 0 Å². The maximum absolute atomic E-state index is 14.0. The summed E-state index contributed by atoms with van der Waals surface area (Å²) in [5, 5.41) is 0. The van der Waals surface area contributed by atoms with Gasteiger partial charge in [-0.15, -0.1) is 0 Å². The van der Waals surface area contributed by atoms with Crippen LogP contribution in [0.3, 0.4) is 0 Å². The molecule has 0 aromatic rings. The zero-order valence-electron chi connectivity index (χ0n) is 7.46. The lowest BCUT2D eigenvalue weighted by molar-refractivity contribution is -0.665. The first-order valence-electron chi connectivity index (χ1n) is 5.05. The molecule has 0 aliphatic heterocycles. The minimum absolute atomic E-state index is 0.132. The third-order valence-electron chi connectivity index (χ3n) is 6.07. The minimum atomic E-state index is -1.62. The van der Waals surface area contributed by atoms with E-state index in [1.54, 1.807) is 0 Å². The average molecular weight is 198 g/mol. The van der Waals surface area contributed by atoms with Gasteiger partial charge in [-0.05, 0) is 5.92 Å². The highest BCUT2D eigenvalue weighted by Gasteiger charge is 3.20. The Balaban J connectivity index is 1.68. The molecule has 2 nitrogen and oxygen atoms in total. The fourth-order valence-corrected chi connectivity index (χ4v) is 5.99. The Labute approximate surface area is 78.6 Å². The van der Waals surface area contributed by atoms with Gasteiger partial charge in [-0.2, -0.15) is 0 Å². The fourth-order valence-electron chi connectivity index (χ4n) is 5.99. The summed E-state index contributed by atoms with van der Waals surface area (Å²) in [5.74, 6) is -1.09. The second-order valence-electron chi connectivity index (χ2n) is 5.49. The number of carbonyl (C=O) groups is 1. The van der Waals surface area contributed by atoms with Crippen LogP contribution in [-0.2, 0) is 9.53 Å². The van der Waals surface area contributed by atoms with Crippen LogP contribution in [-0.4, -0.2) is 24.4 Å². The van der Waals surface area contributed by atoms with Gasteiger partial charge in [-0.25, -0.2) is 8.78 Å². The maximum atomic E-state index is 14.0. The molecule has 6 aliphatic carbocycles. The van der Waals surface area contributed by atoms with Crippen LogP contribution in [0.5, 0.6) is 0 Å². The highest BCUT2D eigenvalue weighted by atomic mass is 19.2. The summed E-state index contributed by atoms with van der Waals surface area (Å²) in [7, 11) is 1.33.